The molecule has 0 aliphatic heterocycles. The molecule has 0 fully saturated rings. The molecule has 0 saturated carbocycles. The Balaban J connectivity index is 2.19. The number of hydroxylamine groups is 1. The van der Waals surface area contributed by atoms with Gasteiger partial charge in [0.25, 0.3) is 0 Å². The van der Waals surface area contributed by atoms with Crippen LogP contribution in [0.4, 0.5) is 0 Å². The fraction of sp³-hybridized carbons (Fsp3) is 1.00. The third kappa shape index (κ3) is 4.61. The normalized spacial score (nSPS) is 8.40. The van der Waals surface area contributed by atoms with Gasteiger partial charge in [0, 0.05) is 29.9 Å². The van der Waals surface area contributed by atoms with Gasteiger partial charge in [-0.2, -0.15) is 5.48 Å². The smallest absolute Gasteiger partial charge is 0.0476 e. The van der Waals surface area contributed by atoms with Gasteiger partial charge in [0.1, 0.15) is 0 Å². The highest BCUT2D eigenvalue weighted by atomic mass is 127. The molecule has 3 nitrogen and oxygen atoms in total. The van der Waals surface area contributed by atoms with E-state index in [2.05, 4.69) is 14.1 Å². The first-order valence-electron chi connectivity index (χ1n) is 1.10. The van der Waals surface area contributed by atoms with Crippen molar-refractivity contribution >= 4 is 22.9 Å². The lowest BCUT2D eigenvalue weighted by atomic mass is 11.6. The molecule has 0 spiro atoms. The molecule has 0 heterocycles. The quantitative estimate of drug-likeness (QED) is 0.363. The van der Waals surface area contributed by atoms with Gasteiger partial charge in [-0.15, -0.1) is 3.69 Å². The first kappa shape index (κ1) is 5.61. The van der Waals surface area contributed by atoms with Crippen molar-refractivity contribution in [3.63, 3.8) is 0 Å². The molecule has 0 aromatic heterocycles. The fourth-order valence-electron chi connectivity index (χ4n) is 0.0386. The molecule has 0 aromatic carbocycles. The van der Waals surface area contributed by atoms with Crippen molar-refractivity contribution < 1.29 is 4.94 Å². The Hall–Kier alpha value is 0.610. The highest BCUT2D eigenvalue weighted by molar-refractivity contribution is 14.1. The van der Waals surface area contributed by atoms with Crippen molar-refractivity contribution in [2.24, 2.45) is 0 Å². The molecule has 0 radical (unpaired) electrons. The molecule has 0 aliphatic carbocycles. The summed E-state index contributed by atoms with van der Waals surface area (Å²) in [5.41, 5.74) is 2.40. The topological polar surface area (TPSA) is 33.3 Å². The molecular formula is CH5IN2O. The third-order valence-electron chi connectivity index (χ3n) is 0.141. The fourth-order valence-corrected chi connectivity index (χ4v) is 0.259. The lowest BCUT2D eigenvalue weighted by molar-refractivity contribution is 0.0362. The number of rotatable bonds is 2. The van der Waals surface area contributed by atoms with Gasteiger partial charge in [0.05, 0.1) is 0 Å². The average Bonchev–Trinajstić information content (AvgIpc) is 1.41. The van der Waals surface area contributed by atoms with Gasteiger partial charge >= 0.3 is 0 Å². The molecular weight excluding hydrogens is 183 g/mol. The first-order valence-corrected chi connectivity index (χ1v) is 2.18. The van der Waals surface area contributed by atoms with Crippen LogP contribution in [0.2, 0.25) is 0 Å². The molecule has 0 amide bonds. The maximum Gasteiger partial charge on any atom is 0.0476 e. The van der Waals surface area contributed by atoms with Crippen LogP contribution >= 0.6 is 22.9 Å². The standard InChI is InChI=1S/CH5IN2O/c1-3-5-4-2/h3-4H,1H3. The highest BCUT2D eigenvalue weighted by Crippen LogP contribution is 1.60. The number of nitrogens with one attached hydrogen (secondary N) is 2. The van der Waals surface area contributed by atoms with E-state index in [4.69, 9.17) is 0 Å². The van der Waals surface area contributed by atoms with Crippen molar-refractivity contribution in [2.45, 2.75) is 0 Å². The van der Waals surface area contributed by atoms with Crippen LogP contribution in [0.1, 0.15) is 0 Å². The third-order valence-corrected chi connectivity index (χ3v) is 0.361. The Morgan fingerprint density at radius 3 is 2.40 bits per heavy atom. The van der Waals surface area contributed by atoms with Crippen molar-refractivity contribution in [3.8, 4) is 0 Å². The summed E-state index contributed by atoms with van der Waals surface area (Å²) >= 11 is 1.85. The van der Waals surface area contributed by atoms with Crippen LogP contribution in [0.15, 0.2) is 0 Å². The SMILES string of the molecule is CNONI. The van der Waals surface area contributed by atoms with Crippen molar-refractivity contribution in [1.82, 2.24) is 9.17 Å². The monoisotopic (exact) mass is 188 g/mol. The minimum absolute atomic E-state index is 1.67. The van der Waals surface area contributed by atoms with E-state index < -0.39 is 0 Å². The summed E-state index contributed by atoms with van der Waals surface area (Å²) in [6.07, 6.45) is 0. The lowest BCUT2D eigenvalue weighted by Gasteiger charge is -1.88. The van der Waals surface area contributed by atoms with E-state index in [-0.39, 0.29) is 0 Å². The molecule has 0 atom stereocenters. The molecule has 0 rings (SSSR count). The zero-order valence-electron chi connectivity index (χ0n) is 2.79. The van der Waals surface area contributed by atoms with Crippen LogP contribution in [0.3, 0.4) is 0 Å². The van der Waals surface area contributed by atoms with E-state index in [1.54, 1.807) is 7.05 Å². The maximum atomic E-state index is 4.32. The van der Waals surface area contributed by atoms with Crippen molar-refractivity contribution in [1.29, 1.82) is 0 Å². The number of halogens is 1. The Morgan fingerprint density at radius 1 is 1.80 bits per heavy atom. The van der Waals surface area contributed by atoms with Gasteiger partial charge in [-0.05, 0) is 0 Å². The Labute approximate surface area is 44.5 Å². The number of hydrogen-bond donors (Lipinski definition) is 2. The van der Waals surface area contributed by atoms with Crippen LogP contribution in [0, 0.1) is 0 Å². The molecule has 5 heavy (non-hydrogen) atoms. The lowest BCUT2D eigenvalue weighted by Crippen LogP contribution is -2.12. The summed E-state index contributed by atoms with van der Waals surface area (Å²) in [6, 6.07) is 0. The average molecular weight is 188 g/mol. The predicted octanol–water partition coefficient (Wildman–Crippen LogP) is -0.00800. The summed E-state index contributed by atoms with van der Waals surface area (Å²) in [5.74, 6) is 0. The van der Waals surface area contributed by atoms with Crippen LogP contribution in [-0.2, 0) is 4.94 Å². The predicted molar refractivity (Wildman–Crippen MR) is 27.3 cm³/mol. The molecule has 32 valence electrons. The second-order valence-electron chi connectivity index (χ2n) is 0.383. The Bertz CT molecular complexity index is 17.1. The van der Waals surface area contributed by atoms with Crippen LogP contribution in [0.5, 0.6) is 0 Å². The first-order chi connectivity index (χ1) is 2.41. The van der Waals surface area contributed by atoms with E-state index >= 15 is 0 Å². The molecule has 0 bridgehead atoms. The van der Waals surface area contributed by atoms with E-state index in [0.29, 0.717) is 0 Å². The van der Waals surface area contributed by atoms with Crippen molar-refractivity contribution in [2.75, 3.05) is 7.05 Å². The maximum absolute atomic E-state index is 4.32. The molecule has 0 aliphatic rings. The Morgan fingerprint density at radius 2 is 2.40 bits per heavy atom. The largest absolute Gasteiger partial charge is 0.204 e. The molecule has 0 aromatic rings. The van der Waals surface area contributed by atoms with Gasteiger partial charge in [-0.3, -0.25) is 0 Å². The minimum Gasteiger partial charge on any atom is -0.204 e. The molecule has 0 unspecified atom stereocenters. The second-order valence-corrected chi connectivity index (χ2v) is 0.824. The zero-order chi connectivity index (χ0) is 4.12. The summed E-state index contributed by atoms with van der Waals surface area (Å²) in [7, 11) is 1.67. The van der Waals surface area contributed by atoms with Crippen molar-refractivity contribution in [3.05, 3.63) is 0 Å². The van der Waals surface area contributed by atoms with Gasteiger partial charge in [-0.25, -0.2) is 4.94 Å². The summed E-state index contributed by atoms with van der Waals surface area (Å²) in [5, 5.41) is 0. The van der Waals surface area contributed by atoms with E-state index in [9.17, 15) is 0 Å². The van der Waals surface area contributed by atoms with Gasteiger partial charge in [-0.1, -0.05) is 0 Å². The molecule has 0 saturated heterocycles. The minimum atomic E-state index is 1.67. The molecule has 2 N–H and O–H groups in total. The zero-order valence-corrected chi connectivity index (χ0v) is 4.94. The second kappa shape index (κ2) is 4.61. The van der Waals surface area contributed by atoms with Gasteiger partial charge in [0.15, 0.2) is 0 Å². The van der Waals surface area contributed by atoms with Gasteiger partial charge in [0.2, 0.25) is 0 Å². The van der Waals surface area contributed by atoms with E-state index in [1.165, 1.54) is 0 Å². The van der Waals surface area contributed by atoms with Crippen LogP contribution in [-0.4, -0.2) is 7.05 Å². The van der Waals surface area contributed by atoms with E-state index in [0.717, 1.165) is 0 Å². The summed E-state index contributed by atoms with van der Waals surface area (Å²) in [6.45, 7) is 0. The summed E-state index contributed by atoms with van der Waals surface area (Å²) in [4.78, 5) is 4.32. The Kier molecular flexibility index (Phi) is 5.17. The van der Waals surface area contributed by atoms with Crippen LogP contribution in [0.25, 0.3) is 0 Å². The van der Waals surface area contributed by atoms with Crippen LogP contribution < -0.4 is 9.17 Å². The van der Waals surface area contributed by atoms with E-state index in [1.807, 2.05) is 22.9 Å². The highest BCUT2D eigenvalue weighted by Gasteiger charge is 1.60. The molecule has 4 heteroatoms. The van der Waals surface area contributed by atoms with Gasteiger partial charge < -0.3 is 0 Å². The summed E-state index contributed by atoms with van der Waals surface area (Å²) < 4.78 is 2.38. The number of hydrogen-bond acceptors (Lipinski definition) is 3.